The van der Waals surface area contributed by atoms with Crippen molar-refractivity contribution in [2.75, 3.05) is 26.7 Å². The van der Waals surface area contributed by atoms with E-state index in [0.717, 1.165) is 19.3 Å². The van der Waals surface area contributed by atoms with Crippen molar-refractivity contribution < 1.29 is 14.3 Å². The number of ether oxygens (including phenoxy) is 1. The Hall–Kier alpha value is -1.56. The molecular formula is C16H24N2O3S. The molecule has 0 bridgehead atoms. The summed E-state index contributed by atoms with van der Waals surface area (Å²) in [7, 11) is 1.40. The first kappa shape index (κ1) is 16.8. The van der Waals surface area contributed by atoms with Gasteiger partial charge >= 0.3 is 12.0 Å². The van der Waals surface area contributed by atoms with Crippen LogP contribution >= 0.6 is 11.3 Å². The van der Waals surface area contributed by atoms with Crippen molar-refractivity contribution in [3.8, 4) is 0 Å². The number of hydrogen-bond acceptors (Lipinski definition) is 4. The molecule has 0 saturated carbocycles. The van der Waals surface area contributed by atoms with Gasteiger partial charge in [0, 0.05) is 24.5 Å². The van der Waals surface area contributed by atoms with E-state index in [4.69, 9.17) is 4.74 Å². The van der Waals surface area contributed by atoms with Gasteiger partial charge in [0.1, 0.15) is 0 Å². The number of rotatable bonds is 5. The minimum absolute atomic E-state index is 0.0772. The number of piperidine rings is 1. The van der Waals surface area contributed by atoms with Crippen molar-refractivity contribution in [2.45, 2.75) is 26.2 Å². The fourth-order valence-corrected chi connectivity index (χ4v) is 3.61. The maximum Gasteiger partial charge on any atom is 0.317 e. The summed E-state index contributed by atoms with van der Waals surface area (Å²) in [5.74, 6) is -0.0135. The molecular weight excluding hydrogens is 300 g/mol. The van der Waals surface area contributed by atoms with E-state index in [-0.39, 0.29) is 17.9 Å². The second kappa shape index (κ2) is 8.17. The van der Waals surface area contributed by atoms with E-state index in [9.17, 15) is 9.59 Å². The smallest absolute Gasteiger partial charge is 0.317 e. The van der Waals surface area contributed by atoms with Gasteiger partial charge in [-0.15, -0.1) is 11.3 Å². The van der Waals surface area contributed by atoms with Crippen LogP contribution in [0, 0.1) is 11.8 Å². The number of carbonyl (C=O) groups is 2. The molecule has 1 fully saturated rings. The summed E-state index contributed by atoms with van der Waals surface area (Å²) in [6.07, 6.45) is 2.62. The standard InChI is InChI=1S/C16H24N2O3S/c1-12(9-14-6-4-8-22-14)10-17-16(20)18-7-3-5-13(11-18)15(19)21-2/h4,6,8,12-13H,3,5,7,9-11H2,1-2H3,(H,17,20)/t12-,13+/m0/s1. The van der Waals surface area contributed by atoms with Crippen LogP contribution in [0.4, 0.5) is 4.79 Å². The molecule has 0 spiro atoms. The van der Waals surface area contributed by atoms with Gasteiger partial charge in [0.2, 0.25) is 0 Å². The second-order valence-corrected chi connectivity index (χ2v) is 6.92. The zero-order chi connectivity index (χ0) is 15.9. The summed E-state index contributed by atoms with van der Waals surface area (Å²) in [5.41, 5.74) is 0. The fraction of sp³-hybridized carbons (Fsp3) is 0.625. The highest BCUT2D eigenvalue weighted by Gasteiger charge is 2.28. The van der Waals surface area contributed by atoms with Gasteiger partial charge in [-0.2, -0.15) is 0 Å². The normalized spacial score (nSPS) is 19.5. The zero-order valence-corrected chi connectivity index (χ0v) is 14.0. The van der Waals surface area contributed by atoms with Crippen LogP contribution in [0.1, 0.15) is 24.6 Å². The molecule has 2 rings (SSSR count). The van der Waals surface area contributed by atoms with Crippen molar-refractivity contribution >= 4 is 23.3 Å². The summed E-state index contributed by atoms with van der Waals surface area (Å²) >= 11 is 1.75. The largest absolute Gasteiger partial charge is 0.469 e. The number of carbonyl (C=O) groups excluding carboxylic acids is 2. The Morgan fingerprint density at radius 3 is 3.05 bits per heavy atom. The van der Waals surface area contributed by atoms with Gasteiger partial charge in [0.05, 0.1) is 13.0 Å². The third kappa shape index (κ3) is 4.73. The number of likely N-dealkylation sites (tertiary alicyclic amines) is 1. The summed E-state index contributed by atoms with van der Waals surface area (Å²) < 4.78 is 4.78. The molecule has 22 heavy (non-hydrogen) atoms. The van der Waals surface area contributed by atoms with E-state index in [0.29, 0.717) is 25.6 Å². The van der Waals surface area contributed by atoms with Crippen LogP contribution in [0.5, 0.6) is 0 Å². The lowest BCUT2D eigenvalue weighted by atomic mass is 9.98. The van der Waals surface area contributed by atoms with E-state index in [1.165, 1.54) is 12.0 Å². The van der Waals surface area contributed by atoms with Crippen LogP contribution in [-0.2, 0) is 16.0 Å². The first-order chi connectivity index (χ1) is 10.6. The summed E-state index contributed by atoms with van der Waals surface area (Å²) in [4.78, 5) is 26.9. The zero-order valence-electron chi connectivity index (χ0n) is 13.2. The molecule has 1 aromatic heterocycles. The molecule has 0 aromatic carbocycles. The lowest BCUT2D eigenvalue weighted by Gasteiger charge is -2.31. The molecule has 1 saturated heterocycles. The van der Waals surface area contributed by atoms with Crippen LogP contribution in [-0.4, -0.2) is 43.6 Å². The predicted molar refractivity (Wildman–Crippen MR) is 86.9 cm³/mol. The number of urea groups is 1. The molecule has 1 aliphatic heterocycles. The van der Waals surface area contributed by atoms with Crippen molar-refractivity contribution in [1.29, 1.82) is 0 Å². The lowest BCUT2D eigenvalue weighted by Crippen LogP contribution is -2.48. The topological polar surface area (TPSA) is 58.6 Å². The predicted octanol–water partition coefficient (Wildman–Crippen LogP) is 2.52. The van der Waals surface area contributed by atoms with Crippen molar-refractivity contribution in [3.05, 3.63) is 22.4 Å². The van der Waals surface area contributed by atoms with Crippen LogP contribution in [0.3, 0.4) is 0 Å². The Morgan fingerprint density at radius 1 is 1.55 bits per heavy atom. The fourth-order valence-electron chi connectivity index (χ4n) is 2.74. The number of hydrogen-bond donors (Lipinski definition) is 1. The Bertz CT molecular complexity index is 490. The SMILES string of the molecule is COC(=O)[C@@H]1CCCN(C(=O)NC[C@@H](C)Cc2cccs2)C1. The van der Waals surface area contributed by atoms with Gasteiger partial charge in [-0.25, -0.2) is 4.79 Å². The van der Waals surface area contributed by atoms with Gasteiger partial charge in [-0.3, -0.25) is 4.79 Å². The Balaban J connectivity index is 1.75. The van der Waals surface area contributed by atoms with Crippen LogP contribution in [0.15, 0.2) is 17.5 Å². The summed E-state index contributed by atoms with van der Waals surface area (Å²) in [6, 6.07) is 4.09. The van der Waals surface area contributed by atoms with Gasteiger partial charge in [-0.1, -0.05) is 13.0 Å². The first-order valence-corrected chi connectivity index (χ1v) is 8.61. The average Bonchev–Trinajstić information content (AvgIpc) is 3.04. The summed E-state index contributed by atoms with van der Waals surface area (Å²) in [6.45, 7) is 3.94. The first-order valence-electron chi connectivity index (χ1n) is 7.73. The maximum absolute atomic E-state index is 12.2. The van der Waals surface area contributed by atoms with E-state index >= 15 is 0 Å². The Morgan fingerprint density at radius 2 is 2.36 bits per heavy atom. The van der Waals surface area contributed by atoms with Crippen molar-refractivity contribution in [2.24, 2.45) is 11.8 Å². The quantitative estimate of drug-likeness (QED) is 0.847. The van der Waals surface area contributed by atoms with Crippen molar-refractivity contribution in [1.82, 2.24) is 10.2 Å². The van der Waals surface area contributed by atoms with Crippen molar-refractivity contribution in [3.63, 3.8) is 0 Å². The number of amides is 2. The van der Waals surface area contributed by atoms with E-state index < -0.39 is 0 Å². The molecule has 2 heterocycles. The van der Waals surface area contributed by atoms with E-state index in [2.05, 4.69) is 23.7 Å². The number of methoxy groups -OCH3 is 1. The molecule has 0 aliphatic carbocycles. The molecule has 2 amide bonds. The maximum atomic E-state index is 12.2. The average molecular weight is 324 g/mol. The van der Waals surface area contributed by atoms with Gasteiger partial charge in [0.25, 0.3) is 0 Å². The van der Waals surface area contributed by atoms with E-state index in [1.807, 2.05) is 6.07 Å². The number of thiophene rings is 1. The number of nitrogens with one attached hydrogen (secondary N) is 1. The van der Waals surface area contributed by atoms with Gasteiger partial charge in [-0.05, 0) is 36.6 Å². The highest BCUT2D eigenvalue weighted by molar-refractivity contribution is 7.09. The second-order valence-electron chi connectivity index (χ2n) is 5.88. The highest BCUT2D eigenvalue weighted by Crippen LogP contribution is 2.18. The number of nitrogens with zero attached hydrogens (tertiary/aromatic N) is 1. The van der Waals surface area contributed by atoms with Gasteiger partial charge < -0.3 is 15.0 Å². The molecule has 1 aliphatic rings. The molecule has 2 atom stereocenters. The number of esters is 1. The lowest BCUT2D eigenvalue weighted by molar-refractivity contribution is -0.146. The van der Waals surface area contributed by atoms with E-state index in [1.54, 1.807) is 16.2 Å². The molecule has 1 N–H and O–H groups in total. The molecule has 6 heteroatoms. The Kier molecular flexibility index (Phi) is 6.24. The third-order valence-electron chi connectivity index (χ3n) is 3.97. The summed E-state index contributed by atoms with van der Waals surface area (Å²) in [5, 5.41) is 5.05. The van der Waals surface area contributed by atoms with Crippen LogP contribution < -0.4 is 5.32 Å². The Labute approximate surface area is 135 Å². The highest BCUT2D eigenvalue weighted by atomic mass is 32.1. The molecule has 1 aromatic rings. The molecule has 0 radical (unpaired) electrons. The third-order valence-corrected chi connectivity index (χ3v) is 4.87. The molecule has 0 unspecified atom stereocenters. The van der Waals surface area contributed by atoms with Crippen LogP contribution in [0.25, 0.3) is 0 Å². The minimum atomic E-state index is -0.219. The molecule has 122 valence electrons. The monoisotopic (exact) mass is 324 g/mol. The van der Waals surface area contributed by atoms with Gasteiger partial charge in [0.15, 0.2) is 0 Å². The minimum Gasteiger partial charge on any atom is -0.469 e. The van der Waals surface area contributed by atoms with Crippen LogP contribution in [0.2, 0.25) is 0 Å². The molecule has 5 nitrogen and oxygen atoms in total.